The molecule has 0 radical (unpaired) electrons. The summed E-state index contributed by atoms with van der Waals surface area (Å²) < 4.78 is 0. The standard InChI is InChI=1S/C12H24/c1-6-12(5)8-10(2)7-11(3,4)9-12/h10H,6-9H2,1-5H3/t10-,12?/m0/s1. The highest BCUT2D eigenvalue weighted by molar-refractivity contribution is 4.89. The van der Waals surface area contributed by atoms with Crippen LogP contribution in [0.3, 0.4) is 0 Å². The summed E-state index contributed by atoms with van der Waals surface area (Å²) in [5, 5.41) is 0. The molecule has 0 aromatic heterocycles. The van der Waals surface area contributed by atoms with E-state index < -0.39 is 0 Å². The molecule has 1 aliphatic rings. The summed E-state index contributed by atoms with van der Waals surface area (Å²) in [6, 6.07) is 0. The van der Waals surface area contributed by atoms with Crippen LogP contribution in [0.15, 0.2) is 0 Å². The van der Waals surface area contributed by atoms with Gasteiger partial charge in [0, 0.05) is 0 Å². The highest BCUT2D eigenvalue weighted by Crippen LogP contribution is 2.49. The van der Waals surface area contributed by atoms with Gasteiger partial charge in [-0.05, 0) is 36.0 Å². The lowest BCUT2D eigenvalue weighted by Gasteiger charge is -2.45. The van der Waals surface area contributed by atoms with Crippen molar-refractivity contribution >= 4 is 0 Å². The van der Waals surface area contributed by atoms with Crippen LogP contribution in [0.4, 0.5) is 0 Å². The predicted octanol–water partition coefficient (Wildman–Crippen LogP) is 4.25. The first-order valence-electron chi connectivity index (χ1n) is 5.37. The molecule has 1 rings (SSSR count). The number of rotatable bonds is 1. The molecule has 0 aliphatic heterocycles. The van der Waals surface area contributed by atoms with E-state index in [1.54, 1.807) is 0 Å². The molecule has 1 aliphatic carbocycles. The van der Waals surface area contributed by atoms with Crippen molar-refractivity contribution < 1.29 is 0 Å². The lowest BCUT2D eigenvalue weighted by Crippen LogP contribution is -2.34. The van der Waals surface area contributed by atoms with Gasteiger partial charge in [-0.15, -0.1) is 0 Å². The van der Waals surface area contributed by atoms with Crippen LogP contribution >= 0.6 is 0 Å². The monoisotopic (exact) mass is 168 g/mol. The molecule has 0 spiro atoms. The van der Waals surface area contributed by atoms with Crippen LogP contribution < -0.4 is 0 Å². The van der Waals surface area contributed by atoms with E-state index in [1.165, 1.54) is 25.7 Å². The van der Waals surface area contributed by atoms with Crippen LogP contribution in [-0.4, -0.2) is 0 Å². The highest BCUT2D eigenvalue weighted by Gasteiger charge is 2.38. The Morgan fingerprint density at radius 3 is 2.17 bits per heavy atom. The van der Waals surface area contributed by atoms with Gasteiger partial charge in [0.15, 0.2) is 0 Å². The summed E-state index contributed by atoms with van der Waals surface area (Å²) in [5.41, 5.74) is 1.21. The number of hydrogen-bond donors (Lipinski definition) is 0. The van der Waals surface area contributed by atoms with Gasteiger partial charge in [-0.3, -0.25) is 0 Å². The quantitative estimate of drug-likeness (QED) is 0.549. The minimum atomic E-state index is 0.586. The molecule has 0 N–H and O–H groups in total. The predicted molar refractivity (Wildman–Crippen MR) is 55.2 cm³/mol. The zero-order chi connectivity index (χ0) is 9.41. The zero-order valence-electron chi connectivity index (χ0n) is 9.41. The molecule has 1 unspecified atom stereocenters. The average Bonchev–Trinajstić information content (AvgIpc) is 1.82. The van der Waals surface area contributed by atoms with Crippen LogP contribution in [0.25, 0.3) is 0 Å². The molecule has 0 aromatic carbocycles. The third-order valence-corrected chi connectivity index (χ3v) is 3.50. The van der Waals surface area contributed by atoms with Gasteiger partial charge in [-0.1, -0.05) is 41.0 Å². The van der Waals surface area contributed by atoms with Crippen LogP contribution in [0.5, 0.6) is 0 Å². The maximum atomic E-state index is 2.46. The van der Waals surface area contributed by atoms with Gasteiger partial charge in [0.1, 0.15) is 0 Å². The largest absolute Gasteiger partial charge is 0.0649 e. The van der Waals surface area contributed by atoms with Gasteiger partial charge in [-0.25, -0.2) is 0 Å². The first-order chi connectivity index (χ1) is 5.37. The van der Waals surface area contributed by atoms with Crippen molar-refractivity contribution in [3.63, 3.8) is 0 Å². The van der Waals surface area contributed by atoms with Crippen molar-refractivity contribution in [3.05, 3.63) is 0 Å². The molecule has 0 nitrogen and oxygen atoms in total. The Hall–Kier alpha value is 0. The third-order valence-electron chi connectivity index (χ3n) is 3.50. The van der Waals surface area contributed by atoms with Gasteiger partial charge in [0.2, 0.25) is 0 Å². The molecule has 0 aromatic rings. The lowest BCUT2D eigenvalue weighted by atomic mass is 9.60. The normalized spacial score (nSPS) is 41.2. The average molecular weight is 168 g/mol. The van der Waals surface area contributed by atoms with Crippen molar-refractivity contribution in [2.24, 2.45) is 16.7 Å². The second-order valence-corrected chi connectivity index (χ2v) is 6.02. The molecular formula is C12H24. The van der Waals surface area contributed by atoms with Gasteiger partial charge >= 0.3 is 0 Å². The van der Waals surface area contributed by atoms with Crippen molar-refractivity contribution in [2.75, 3.05) is 0 Å². The summed E-state index contributed by atoms with van der Waals surface area (Å²) >= 11 is 0. The second kappa shape index (κ2) is 3.05. The molecule has 72 valence electrons. The zero-order valence-corrected chi connectivity index (χ0v) is 9.41. The fraction of sp³-hybridized carbons (Fsp3) is 1.00. The molecule has 1 fully saturated rings. The Kier molecular flexibility index (Phi) is 2.56. The van der Waals surface area contributed by atoms with E-state index >= 15 is 0 Å². The maximum absolute atomic E-state index is 2.46. The van der Waals surface area contributed by atoms with Crippen LogP contribution in [0.1, 0.15) is 60.3 Å². The SMILES string of the molecule is CCC1(C)C[C@@H](C)CC(C)(C)C1. The lowest BCUT2D eigenvalue weighted by molar-refractivity contribution is 0.0582. The molecule has 0 heteroatoms. The van der Waals surface area contributed by atoms with Gasteiger partial charge in [-0.2, -0.15) is 0 Å². The molecule has 0 saturated heterocycles. The molecule has 1 saturated carbocycles. The van der Waals surface area contributed by atoms with Crippen LogP contribution in [0.2, 0.25) is 0 Å². The van der Waals surface area contributed by atoms with Crippen molar-refractivity contribution in [3.8, 4) is 0 Å². The van der Waals surface area contributed by atoms with Gasteiger partial charge in [0.05, 0.1) is 0 Å². The fourth-order valence-corrected chi connectivity index (χ4v) is 3.43. The van der Waals surface area contributed by atoms with E-state index in [2.05, 4.69) is 34.6 Å². The van der Waals surface area contributed by atoms with E-state index in [0.29, 0.717) is 10.8 Å². The Morgan fingerprint density at radius 2 is 1.75 bits per heavy atom. The molecule has 0 amide bonds. The first kappa shape index (κ1) is 10.1. The minimum absolute atomic E-state index is 0.586. The van der Waals surface area contributed by atoms with Crippen molar-refractivity contribution in [1.82, 2.24) is 0 Å². The van der Waals surface area contributed by atoms with E-state index in [-0.39, 0.29) is 0 Å². The fourth-order valence-electron chi connectivity index (χ4n) is 3.43. The van der Waals surface area contributed by atoms with E-state index in [9.17, 15) is 0 Å². The smallest absolute Gasteiger partial charge is 0.0321 e. The molecule has 0 bridgehead atoms. The summed E-state index contributed by atoms with van der Waals surface area (Å²) in [5.74, 6) is 0.929. The Balaban J connectivity index is 2.70. The van der Waals surface area contributed by atoms with E-state index in [1.807, 2.05) is 0 Å². The van der Waals surface area contributed by atoms with Crippen LogP contribution in [0, 0.1) is 16.7 Å². The number of hydrogen-bond acceptors (Lipinski definition) is 0. The third kappa shape index (κ3) is 2.24. The van der Waals surface area contributed by atoms with Gasteiger partial charge < -0.3 is 0 Å². The Bertz CT molecular complexity index is 157. The Morgan fingerprint density at radius 1 is 1.17 bits per heavy atom. The molecular weight excluding hydrogens is 144 g/mol. The summed E-state index contributed by atoms with van der Waals surface area (Å²) in [6.07, 6.45) is 5.62. The first-order valence-corrected chi connectivity index (χ1v) is 5.37. The summed E-state index contributed by atoms with van der Waals surface area (Å²) in [4.78, 5) is 0. The Labute approximate surface area is 77.7 Å². The van der Waals surface area contributed by atoms with E-state index in [4.69, 9.17) is 0 Å². The minimum Gasteiger partial charge on any atom is -0.0649 e. The maximum Gasteiger partial charge on any atom is -0.0321 e. The van der Waals surface area contributed by atoms with Crippen molar-refractivity contribution in [2.45, 2.75) is 60.3 Å². The topological polar surface area (TPSA) is 0 Å². The second-order valence-electron chi connectivity index (χ2n) is 6.02. The van der Waals surface area contributed by atoms with Gasteiger partial charge in [0.25, 0.3) is 0 Å². The summed E-state index contributed by atoms with van der Waals surface area (Å²) in [7, 11) is 0. The van der Waals surface area contributed by atoms with Crippen molar-refractivity contribution in [1.29, 1.82) is 0 Å². The molecule has 12 heavy (non-hydrogen) atoms. The molecule has 0 heterocycles. The van der Waals surface area contributed by atoms with Crippen LogP contribution in [-0.2, 0) is 0 Å². The highest BCUT2D eigenvalue weighted by atomic mass is 14.4. The van der Waals surface area contributed by atoms with E-state index in [0.717, 1.165) is 5.92 Å². The summed E-state index contributed by atoms with van der Waals surface area (Å²) in [6.45, 7) is 12.1. The molecule has 2 atom stereocenters.